The highest BCUT2D eigenvalue weighted by Crippen LogP contribution is 2.39. The highest BCUT2D eigenvalue weighted by atomic mass is 16.7. The molecule has 1 amide bonds. The average Bonchev–Trinajstić information content (AvgIpc) is 3.06. The third-order valence-corrected chi connectivity index (χ3v) is 6.01. The van der Waals surface area contributed by atoms with Gasteiger partial charge in [0.2, 0.25) is 12.7 Å². The molecular weight excluding hydrogens is 316 g/mol. The highest BCUT2D eigenvalue weighted by molar-refractivity contribution is 5.77. The van der Waals surface area contributed by atoms with E-state index in [1.165, 1.54) is 5.56 Å². The third kappa shape index (κ3) is 3.47. The Balaban J connectivity index is 1.46. The molecule has 5 heteroatoms. The molecular formula is C20H28N2O3. The van der Waals surface area contributed by atoms with Crippen LogP contribution in [0, 0.1) is 5.41 Å². The van der Waals surface area contributed by atoms with Gasteiger partial charge in [-0.25, -0.2) is 0 Å². The van der Waals surface area contributed by atoms with Crippen LogP contribution in [0.5, 0.6) is 11.5 Å². The number of benzene rings is 1. The van der Waals surface area contributed by atoms with Gasteiger partial charge in [0.1, 0.15) is 0 Å². The summed E-state index contributed by atoms with van der Waals surface area (Å²) in [5.74, 6) is 2.03. The first-order valence-electron chi connectivity index (χ1n) is 9.39. The van der Waals surface area contributed by atoms with Gasteiger partial charge in [-0.3, -0.25) is 4.79 Å². The second-order valence-electron chi connectivity index (χ2n) is 8.23. The maximum Gasteiger partial charge on any atom is 0.231 e. The number of amides is 1. The molecule has 0 spiro atoms. The summed E-state index contributed by atoms with van der Waals surface area (Å²) in [6.45, 7) is 5.69. The van der Waals surface area contributed by atoms with Crippen LogP contribution in [0.4, 0.5) is 0 Å². The molecule has 1 atom stereocenters. The van der Waals surface area contributed by atoms with E-state index in [9.17, 15) is 4.79 Å². The molecule has 0 aromatic heterocycles. The lowest BCUT2D eigenvalue weighted by Crippen LogP contribution is -2.53. The van der Waals surface area contributed by atoms with Crippen LogP contribution in [-0.2, 0) is 11.2 Å². The monoisotopic (exact) mass is 344 g/mol. The summed E-state index contributed by atoms with van der Waals surface area (Å²) in [7, 11) is 2.16. The molecule has 136 valence electrons. The number of hydrogen-bond acceptors (Lipinski definition) is 4. The fourth-order valence-corrected chi connectivity index (χ4v) is 4.46. The van der Waals surface area contributed by atoms with Crippen LogP contribution in [0.3, 0.4) is 0 Å². The second-order valence-corrected chi connectivity index (χ2v) is 8.23. The quantitative estimate of drug-likeness (QED) is 0.845. The van der Waals surface area contributed by atoms with E-state index in [2.05, 4.69) is 35.9 Å². The van der Waals surface area contributed by atoms with Crippen molar-refractivity contribution in [3.63, 3.8) is 0 Å². The molecule has 3 heterocycles. The zero-order valence-corrected chi connectivity index (χ0v) is 15.3. The second kappa shape index (κ2) is 6.52. The van der Waals surface area contributed by atoms with Crippen LogP contribution < -0.4 is 9.47 Å². The summed E-state index contributed by atoms with van der Waals surface area (Å²) in [5.41, 5.74) is 1.40. The van der Waals surface area contributed by atoms with Crippen LogP contribution >= 0.6 is 0 Å². The van der Waals surface area contributed by atoms with E-state index in [1.54, 1.807) is 0 Å². The molecule has 0 aliphatic carbocycles. The van der Waals surface area contributed by atoms with Crippen molar-refractivity contribution in [2.45, 2.75) is 45.1 Å². The molecule has 4 rings (SSSR count). The Labute approximate surface area is 149 Å². The van der Waals surface area contributed by atoms with Crippen molar-refractivity contribution >= 4 is 5.91 Å². The molecule has 1 aromatic rings. The average molecular weight is 344 g/mol. The van der Waals surface area contributed by atoms with E-state index in [0.29, 0.717) is 25.2 Å². The molecule has 0 N–H and O–H groups in total. The number of fused-ring (bicyclic) bond motifs is 1. The molecule has 0 saturated carbocycles. The third-order valence-electron chi connectivity index (χ3n) is 6.01. The molecule has 1 aromatic carbocycles. The smallest absolute Gasteiger partial charge is 0.231 e. The summed E-state index contributed by atoms with van der Waals surface area (Å²) in [5, 5.41) is 0. The number of rotatable bonds is 3. The largest absolute Gasteiger partial charge is 0.454 e. The molecule has 3 aliphatic heterocycles. The van der Waals surface area contributed by atoms with Crippen LogP contribution in [0.2, 0.25) is 0 Å². The number of likely N-dealkylation sites (tertiary alicyclic amines) is 2. The summed E-state index contributed by atoms with van der Waals surface area (Å²) >= 11 is 0. The van der Waals surface area contributed by atoms with Gasteiger partial charge in [0, 0.05) is 19.0 Å². The minimum absolute atomic E-state index is 0.130. The number of nitrogens with zero attached hydrogens (tertiary/aromatic N) is 2. The normalized spacial score (nSPS) is 27.8. The fourth-order valence-electron chi connectivity index (χ4n) is 4.46. The Morgan fingerprint density at radius 1 is 1.20 bits per heavy atom. The molecule has 3 aliphatic rings. The van der Waals surface area contributed by atoms with Crippen LogP contribution in [0.25, 0.3) is 0 Å². The van der Waals surface area contributed by atoms with Gasteiger partial charge in [0.15, 0.2) is 11.5 Å². The molecule has 5 nitrogen and oxygen atoms in total. The van der Waals surface area contributed by atoms with E-state index in [-0.39, 0.29) is 5.41 Å². The summed E-state index contributed by atoms with van der Waals surface area (Å²) in [6.07, 6.45) is 4.81. The van der Waals surface area contributed by atoms with Crippen molar-refractivity contribution < 1.29 is 14.3 Å². The van der Waals surface area contributed by atoms with Gasteiger partial charge in [-0.1, -0.05) is 13.0 Å². The van der Waals surface area contributed by atoms with Crippen molar-refractivity contribution in [1.82, 2.24) is 9.80 Å². The van der Waals surface area contributed by atoms with Crippen molar-refractivity contribution in [3.05, 3.63) is 23.8 Å². The zero-order valence-electron chi connectivity index (χ0n) is 15.3. The number of carbonyl (C=O) groups is 1. The minimum Gasteiger partial charge on any atom is -0.454 e. The first-order valence-corrected chi connectivity index (χ1v) is 9.39. The van der Waals surface area contributed by atoms with Crippen LogP contribution in [0.15, 0.2) is 18.2 Å². The molecule has 25 heavy (non-hydrogen) atoms. The minimum atomic E-state index is 0.130. The molecule has 0 bridgehead atoms. The molecule has 0 radical (unpaired) electrons. The Morgan fingerprint density at radius 2 is 1.96 bits per heavy atom. The predicted molar refractivity (Wildman–Crippen MR) is 95.8 cm³/mol. The van der Waals surface area contributed by atoms with Gasteiger partial charge >= 0.3 is 0 Å². The van der Waals surface area contributed by atoms with Crippen molar-refractivity contribution in [2.75, 3.05) is 33.5 Å². The van der Waals surface area contributed by atoms with E-state index in [0.717, 1.165) is 56.8 Å². The first kappa shape index (κ1) is 16.7. The summed E-state index contributed by atoms with van der Waals surface area (Å²) in [6, 6.07) is 6.66. The van der Waals surface area contributed by atoms with E-state index in [1.807, 2.05) is 6.07 Å². The molecule has 2 saturated heterocycles. The Hall–Kier alpha value is -1.75. The Morgan fingerprint density at radius 3 is 2.76 bits per heavy atom. The lowest BCUT2D eigenvalue weighted by atomic mass is 9.76. The number of hydrogen-bond donors (Lipinski definition) is 0. The van der Waals surface area contributed by atoms with E-state index < -0.39 is 0 Å². The van der Waals surface area contributed by atoms with E-state index >= 15 is 0 Å². The number of ether oxygens (including phenoxy) is 2. The SMILES string of the molecule is CN1CCC(N2C[C@](C)(Cc3ccc4c(c3)OCO4)CCC2=O)CC1. The van der Waals surface area contributed by atoms with Gasteiger partial charge in [-0.05, 0) is 68.9 Å². The van der Waals surface area contributed by atoms with Crippen molar-refractivity contribution in [1.29, 1.82) is 0 Å². The lowest BCUT2D eigenvalue weighted by molar-refractivity contribution is -0.141. The summed E-state index contributed by atoms with van der Waals surface area (Å²) < 4.78 is 10.9. The van der Waals surface area contributed by atoms with Gasteiger partial charge in [0.05, 0.1) is 0 Å². The standard InChI is InChI=1S/C20H28N2O3/c1-20(12-15-3-4-17-18(11-15)25-14-24-17)8-5-19(23)22(13-20)16-6-9-21(2)10-7-16/h3-4,11,16H,5-10,12-14H2,1-2H3/t20-/m0/s1. The van der Waals surface area contributed by atoms with Gasteiger partial charge < -0.3 is 19.3 Å². The van der Waals surface area contributed by atoms with Crippen molar-refractivity contribution in [3.8, 4) is 11.5 Å². The van der Waals surface area contributed by atoms with E-state index in [4.69, 9.17) is 9.47 Å². The Bertz CT molecular complexity index is 654. The molecule has 2 fully saturated rings. The van der Waals surface area contributed by atoms with Crippen molar-refractivity contribution in [2.24, 2.45) is 5.41 Å². The molecule has 0 unspecified atom stereocenters. The van der Waals surface area contributed by atoms with Gasteiger partial charge in [-0.15, -0.1) is 0 Å². The maximum atomic E-state index is 12.5. The topological polar surface area (TPSA) is 42.0 Å². The zero-order chi connectivity index (χ0) is 17.4. The fraction of sp³-hybridized carbons (Fsp3) is 0.650. The Kier molecular flexibility index (Phi) is 4.36. The summed E-state index contributed by atoms with van der Waals surface area (Å²) in [4.78, 5) is 17.1. The van der Waals surface area contributed by atoms with Crippen LogP contribution in [-0.4, -0.2) is 55.2 Å². The maximum absolute atomic E-state index is 12.5. The number of piperidine rings is 2. The number of carbonyl (C=O) groups excluding carboxylic acids is 1. The van der Waals surface area contributed by atoms with Gasteiger partial charge in [-0.2, -0.15) is 0 Å². The predicted octanol–water partition coefficient (Wildman–Crippen LogP) is 2.68. The van der Waals surface area contributed by atoms with Crippen LogP contribution in [0.1, 0.15) is 38.2 Å². The lowest BCUT2D eigenvalue weighted by Gasteiger charge is -2.46. The van der Waals surface area contributed by atoms with Gasteiger partial charge in [0.25, 0.3) is 0 Å². The highest BCUT2D eigenvalue weighted by Gasteiger charge is 2.38. The first-order chi connectivity index (χ1) is 12.0.